The monoisotopic (exact) mass is 291 g/mol. The number of rotatable bonds is 4. The summed E-state index contributed by atoms with van der Waals surface area (Å²) in [6.07, 6.45) is 2.14. The molecule has 2 N–H and O–H groups in total. The van der Waals surface area contributed by atoms with Gasteiger partial charge in [-0.25, -0.2) is 13.6 Å². The molecule has 86 valence electrons. The predicted molar refractivity (Wildman–Crippen MR) is 59.3 cm³/mol. The minimum absolute atomic E-state index is 0.0295. The van der Waals surface area contributed by atoms with E-state index >= 15 is 0 Å². The zero-order valence-electron chi connectivity index (χ0n) is 8.01. The first-order valence-corrected chi connectivity index (χ1v) is 5.08. The van der Waals surface area contributed by atoms with Gasteiger partial charge in [0.2, 0.25) is 0 Å². The number of anilines is 1. The Labute approximate surface area is 98.9 Å². The van der Waals surface area contributed by atoms with Crippen LogP contribution in [-0.2, 0) is 4.79 Å². The third kappa shape index (κ3) is 3.62. The number of carboxylic acid groups (broad SMARTS) is 1. The lowest BCUT2D eigenvalue weighted by Crippen LogP contribution is -2.04. The first kappa shape index (κ1) is 12.6. The summed E-state index contributed by atoms with van der Waals surface area (Å²) in [6.45, 7) is 0.0295. The summed E-state index contributed by atoms with van der Waals surface area (Å²) in [5.41, 5.74) is -0.279. The van der Waals surface area contributed by atoms with E-state index in [1.807, 2.05) is 0 Å². The molecule has 16 heavy (non-hydrogen) atoms. The Kier molecular flexibility index (Phi) is 4.42. The third-order valence-electron chi connectivity index (χ3n) is 1.66. The second-order valence-corrected chi connectivity index (χ2v) is 3.78. The molecule has 0 saturated heterocycles. The topological polar surface area (TPSA) is 49.3 Å². The van der Waals surface area contributed by atoms with Crippen LogP contribution < -0.4 is 5.32 Å². The molecule has 0 radical (unpaired) electrons. The van der Waals surface area contributed by atoms with Gasteiger partial charge in [-0.2, -0.15) is 0 Å². The van der Waals surface area contributed by atoms with Gasteiger partial charge >= 0.3 is 5.97 Å². The summed E-state index contributed by atoms with van der Waals surface area (Å²) < 4.78 is 26.7. The zero-order valence-corrected chi connectivity index (χ0v) is 9.59. The van der Waals surface area contributed by atoms with Crippen molar-refractivity contribution in [1.82, 2.24) is 0 Å². The quantitative estimate of drug-likeness (QED) is 0.839. The normalized spacial score (nSPS) is 10.7. The molecule has 6 heteroatoms. The molecule has 0 aliphatic rings. The highest BCUT2D eigenvalue weighted by molar-refractivity contribution is 9.10. The number of halogens is 3. The fourth-order valence-electron chi connectivity index (χ4n) is 1.03. The first-order chi connectivity index (χ1) is 7.50. The lowest BCUT2D eigenvalue weighted by atomic mass is 10.3. The van der Waals surface area contributed by atoms with E-state index in [1.165, 1.54) is 6.08 Å². The summed E-state index contributed by atoms with van der Waals surface area (Å²) in [6, 6.07) is 2.23. The predicted octanol–water partition coefficient (Wildman–Crippen LogP) is 2.78. The third-order valence-corrected chi connectivity index (χ3v) is 2.12. The number of aliphatic carboxylic acids is 1. The number of hydrogen-bond acceptors (Lipinski definition) is 2. The summed E-state index contributed by atoms with van der Waals surface area (Å²) in [5.74, 6) is -2.59. The zero-order chi connectivity index (χ0) is 12.1. The Hall–Kier alpha value is -1.43. The van der Waals surface area contributed by atoms with Crippen molar-refractivity contribution in [2.75, 3.05) is 11.9 Å². The van der Waals surface area contributed by atoms with E-state index in [1.54, 1.807) is 0 Å². The van der Waals surface area contributed by atoms with Crippen LogP contribution in [0.25, 0.3) is 0 Å². The van der Waals surface area contributed by atoms with Crippen LogP contribution in [0.5, 0.6) is 0 Å². The van der Waals surface area contributed by atoms with E-state index in [0.29, 0.717) is 4.47 Å². The van der Waals surface area contributed by atoms with E-state index in [9.17, 15) is 13.6 Å². The molecule has 1 aromatic rings. The fourth-order valence-corrected chi connectivity index (χ4v) is 1.43. The van der Waals surface area contributed by atoms with Gasteiger partial charge in [-0.05, 0) is 12.1 Å². The average molecular weight is 292 g/mol. The Morgan fingerprint density at radius 2 is 2.00 bits per heavy atom. The second kappa shape index (κ2) is 5.60. The smallest absolute Gasteiger partial charge is 0.328 e. The minimum Gasteiger partial charge on any atom is -0.478 e. The maximum absolute atomic E-state index is 13.2. The Balaban J connectivity index is 2.71. The van der Waals surface area contributed by atoms with Crippen molar-refractivity contribution < 1.29 is 18.7 Å². The van der Waals surface area contributed by atoms with E-state index in [2.05, 4.69) is 21.2 Å². The SMILES string of the molecule is O=C(O)/C=C/CNc1c(F)cc(Br)cc1F. The number of nitrogens with one attached hydrogen (secondary N) is 1. The number of carbonyl (C=O) groups is 1. The number of benzene rings is 1. The van der Waals surface area contributed by atoms with Gasteiger partial charge in [-0.3, -0.25) is 0 Å². The van der Waals surface area contributed by atoms with E-state index in [4.69, 9.17) is 5.11 Å². The largest absolute Gasteiger partial charge is 0.478 e. The lowest BCUT2D eigenvalue weighted by Gasteiger charge is -2.06. The van der Waals surface area contributed by atoms with Crippen LogP contribution in [0.2, 0.25) is 0 Å². The molecular weight excluding hydrogens is 284 g/mol. The standard InChI is InChI=1S/C10H8BrF2NO2/c11-6-4-7(12)10(8(13)5-6)14-3-1-2-9(15)16/h1-2,4-5,14H,3H2,(H,15,16)/b2-1+. The molecular formula is C10H8BrF2NO2. The van der Waals surface area contributed by atoms with Gasteiger partial charge in [0.1, 0.15) is 17.3 Å². The van der Waals surface area contributed by atoms with Crippen LogP contribution >= 0.6 is 15.9 Å². The van der Waals surface area contributed by atoms with Crippen molar-refractivity contribution in [3.8, 4) is 0 Å². The van der Waals surface area contributed by atoms with Gasteiger partial charge in [0, 0.05) is 17.1 Å². The summed E-state index contributed by atoms with van der Waals surface area (Å²) >= 11 is 2.95. The molecule has 0 saturated carbocycles. The van der Waals surface area contributed by atoms with Crippen LogP contribution in [0.4, 0.5) is 14.5 Å². The molecule has 0 aliphatic carbocycles. The molecule has 0 aromatic heterocycles. The van der Waals surface area contributed by atoms with E-state index < -0.39 is 17.6 Å². The summed E-state index contributed by atoms with van der Waals surface area (Å²) in [4.78, 5) is 10.1. The molecule has 0 heterocycles. The maximum atomic E-state index is 13.2. The fraction of sp³-hybridized carbons (Fsp3) is 0.100. The van der Waals surface area contributed by atoms with Crippen molar-refractivity contribution in [2.24, 2.45) is 0 Å². The molecule has 0 aliphatic heterocycles. The van der Waals surface area contributed by atoms with Crippen LogP contribution in [0.3, 0.4) is 0 Å². The molecule has 0 spiro atoms. The van der Waals surface area contributed by atoms with Crippen molar-refractivity contribution in [2.45, 2.75) is 0 Å². The van der Waals surface area contributed by atoms with Gasteiger partial charge in [-0.1, -0.05) is 22.0 Å². The van der Waals surface area contributed by atoms with E-state index in [0.717, 1.165) is 18.2 Å². The van der Waals surface area contributed by atoms with Crippen LogP contribution in [0.15, 0.2) is 28.8 Å². The van der Waals surface area contributed by atoms with Gasteiger partial charge in [-0.15, -0.1) is 0 Å². The number of carboxylic acids is 1. The highest BCUT2D eigenvalue weighted by Crippen LogP contribution is 2.23. The van der Waals surface area contributed by atoms with Gasteiger partial charge < -0.3 is 10.4 Å². The van der Waals surface area contributed by atoms with Crippen molar-refractivity contribution >= 4 is 27.6 Å². The van der Waals surface area contributed by atoms with Crippen LogP contribution in [-0.4, -0.2) is 17.6 Å². The molecule has 0 unspecified atom stereocenters. The Bertz CT molecular complexity index is 412. The van der Waals surface area contributed by atoms with Crippen molar-refractivity contribution in [1.29, 1.82) is 0 Å². The molecule has 3 nitrogen and oxygen atoms in total. The lowest BCUT2D eigenvalue weighted by molar-refractivity contribution is -0.131. The van der Waals surface area contributed by atoms with Crippen molar-refractivity contribution in [3.63, 3.8) is 0 Å². The minimum atomic E-state index is -1.11. The van der Waals surface area contributed by atoms with E-state index in [-0.39, 0.29) is 12.2 Å². The van der Waals surface area contributed by atoms with Gasteiger partial charge in [0.25, 0.3) is 0 Å². The molecule has 1 rings (SSSR count). The van der Waals surface area contributed by atoms with Crippen molar-refractivity contribution in [3.05, 3.63) is 40.4 Å². The summed E-state index contributed by atoms with van der Waals surface area (Å²) in [5, 5.41) is 10.7. The maximum Gasteiger partial charge on any atom is 0.328 e. The van der Waals surface area contributed by atoms with Gasteiger partial charge in [0.15, 0.2) is 0 Å². The molecule has 0 bridgehead atoms. The van der Waals surface area contributed by atoms with Crippen LogP contribution in [0, 0.1) is 11.6 Å². The second-order valence-electron chi connectivity index (χ2n) is 2.87. The summed E-state index contributed by atoms with van der Waals surface area (Å²) in [7, 11) is 0. The molecule has 1 aromatic carbocycles. The number of hydrogen-bond donors (Lipinski definition) is 2. The molecule has 0 fully saturated rings. The van der Waals surface area contributed by atoms with Gasteiger partial charge in [0.05, 0.1) is 0 Å². The highest BCUT2D eigenvalue weighted by Gasteiger charge is 2.08. The molecule has 0 amide bonds. The molecule has 0 atom stereocenters. The van der Waals surface area contributed by atoms with Crippen LogP contribution in [0.1, 0.15) is 0 Å². The Morgan fingerprint density at radius 1 is 1.44 bits per heavy atom. The Morgan fingerprint density at radius 3 is 2.50 bits per heavy atom. The first-order valence-electron chi connectivity index (χ1n) is 4.28. The highest BCUT2D eigenvalue weighted by atomic mass is 79.9. The average Bonchev–Trinajstić information content (AvgIpc) is 2.14.